The van der Waals surface area contributed by atoms with Crippen molar-refractivity contribution < 1.29 is 4.39 Å². The SMILES string of the molecule is Fc1cc(Cl)c(NCc2csc(Br)c2)c(Cl)c1. The summed E-state index contributed by atoms with van der Waals surface area (Å²) >= 11 is 16.8. The predicted octanol–water partition coefficient (Wildman–Crippen LogP) is 5.57. The third kappa shape index (κ3) is 3.35. The summed E-state index contributed by atoms with van der Waals surface area (Å²) in [6.45, 7) is 0.590. The van der Waals surface area contributed by atoms with Crippen molar-refractivity contribution in [1.82, 2.24) is 0 Å². The van der Waals surface area contributed by atoms with E-state index in [4.69, 9.17) is 23.2 Å². The van der Waals surface area contributed by atoms with E-state index < -0.39 is 5.82 Å². The van der Waals surface area contributed by atoms with E-state index in [2.05, 4.69) is 21.2 Å². The summed E-state index contributed by atoms with van der Waals surface area (Å²) in [4.78, 5) is 0. The molecule has 0 aliphatic rings. The number of halogens is 4. The van der Waals surface area contributed by atoms with Gasteiger partial charge in [0.05, 0.1) is 19.5 Å². The third-order valence-corrected chi connectivity index (χ3v) is 4.25. The summed E-state index contributed by atoms with van der Waals surface area (Å²) in [5.41, 5.74) is 1.66. The first-order valence-corrected chi connectivity index (χ1v) is 7.10. The van der Waals surface area contributed by atoms with Crippen molar-refractivity contribution in [3.05, 3.63) is 48.8 Å². The van der Waals surface area contributed by atoms with Crippen molar-refractivity contribution >= 4 is 56.2 Å². The van der Waals surface area contributed by atoms with Gasteiger partial charge in [-0.3, -0.25) is 0 Å². The molecule has 2 rings (SSSR count). The summed E-state index contributed by atoms with van der Waals surface area (Å²) in [6, 6.07) is 4.47. The van der Waals surface area contributed by atoms with Crippen molar-refractivity contribution in [2.45, 2.75) is 6.54 Å². The van der Waals surface area contributed by atoms with Crippen molar-refractivity contribution in [1.29, 1.82) is 0 Å². The Hall–Kier alpha value is -0.290. The molecule has 0 amide bonds. The molecular weight excluding hydrogens is 348 g/mol. The summed E-state index contributed by atoms with van der Waals surface area (Å²) in [7, 11) is 0. The van der Waals surface area contributed by atoms with E-state index in [-0.39, 0.29) is 10.0 Å². The molecule has 0 atom stereocenters. The molecule has 0 aliphatic heterocycles. The monoisotopic (exact) mass is 353 g/mol. The molecule has 2 aromatic rings. The van der Waals surface area contributed by atoms with Crippen molar-refractivity contribution in [3.8, 4) is 0 Å². The first kappa shape index (κ1) is 13.1. The van der Waals surface area contributed by atoms with Crippen LogP contribution in [0, 0.1) is 5.82 Å². The summed E-state index contributed by atoms with van der Waals surface area (Å²) in [5.74, 6) is -0.441. The standard InChI is InChI=1S/C11H7BrCl2FNS/c12-10-1-6(5-17-10)4-16-11-8(13)2-7(15)3-9(11)14/h1-3,5,16H,4H2. The maximum Gasteiger partial charge on any atom is 0.126 e. The number of anilines is 1. The normalized spacial score (nSPS) is 10.6. The molecule has 1 N–H and O–H groups in total. The molecule has 17 heavy (non-hydrogen) atoms. The lowest BCUT2D eigenvalue weighted by molar-refractivity contribution is 0.628. The zero-order valence-electron chi connectivity index (χ0n) is 8.44. The number of hydrogen-bond donors (Lipinski definition) is 1. The van der Waals surface area contributed by atoms with E-state index in [0.717, 1.165) is 9.35 Å². The van der Waals surface area contributed by atoms with Crippen LogP contribution in [-0.2, 0) is 6.54 Å². The molecule has 0 radical (unpaired) electrons. The third-order valence-electron chi connectivity index (χ3n) is 2.10. The van der Waals surface area contributed by atoms with Crippen LogP contribution >= 0.6 is 50.5 Å². The predicted molar refractivity (Wildman–Crippen MR) is 75.8 cm³/mol. The van der Waals surface area contributed by atoms with E-state index in [1.807, 2.05) is 11.4 Å². The van der Waals surface area contributed by atoms with Crippen LogP contribution in [0.4, 0.5) is 10.1 Å². The Kier molecular flexibility index (Phi) is 4.31. The van der Waals surface area contributed by atoms with Crippen molar-refractivity contribution in [3.63, 3.8) is 0 Å². The highest BCUT2D eigenvalue weighted by molar-refractivity contribution is 9.11. The van der Waals surface area contributed by atoms with Gasteiger partial charge in [-0.2, -0.15) is 0 Å². The van der Waals surface area contributed by atoms with Crippen LogP contribution in [-0.4, -0.2) is 0 Å². The van der Waals surface area contributed by atoms with E-state index in [1.165, 1.54) is 12.1 Å². The lowest BCUT2D eigenvalue weighted by atomic mass is 10.3. The van der Waals surface area contributed by atoms with Crippen LogP contribution in [0.1, 0.15) is 5.56 Å². The number of nitrogens with one attached hydrogen (secondary N) is 1. The molecular formula is C11H7BrCl2FNS. The smallest absolute Gasteiger partial charge is 0.126 e. The average Bonchev–Trinajstić information content (AvgIpc) is 2.62. The van der Waals surface area contributed by atoms with Gasteiger partial charge in [-0.25, -0.2) is 4.39 Å². The molecule has 1 aromatic heterocycles. The van der Waals surface area contributed by atoms with Gasteiger partial charge in [0.15, 0.2) is 0 Å². The number of benzene rings is 1. The van der Waals surface area contributed by atoms with Gasteiger partial charge in [0.25, 0.3) is 0 Å². The zero-order chi connectivity index (χ0) is 12.4. The topological polar surface area (TPSA) is 12.0 Å². The molecule has 1 nitrogen and oxygen atoms in total. The Morgan fingerprint density at radius 3 is 2.41 bits per heavy atom. The highest BCUT2D eigenvalue weighted by Gasteiger charge is 2.08. The molecule has 1 heterocycles. The second kappa shape index (κ2) is 5.57. The largest absolute Gasteiger partial charge is 0.379 e. The fraction of sp³-hybridized carbons (Fsp3) is 0.0909. The molecule has 0 aliphatic carbocycles. The molecule has 0 saturated heterocycles. The first-order valence-electron chi connectivity index (χ1n) is 4.67. The van der Waals surface area contributed by atoms with Gasteiger partial charge in [-0.15, -0.1) is 11.3 Å². The Balaban J connectivity index is 2.14. The molecule has 0 spiro atoms. The highest BCUT2D eigenvalue weighted by Crippen LogP contribution is 2.32. The molecule has 0 unspecified atom stereocenters. The Morgan fingerprint density at radius 1 is 1.24 bits per heavy atom. The number of hydrogen-bond acceptors (Lipinski definition) is 2. The van der Waals surface area contributed by atoms with E-state index >= 15 is 0 Å². The van der Waals surface area contributed by atoms with Gasteiger partial charge in [-0.05, 0) is 45.1 Å². The lowest BCUT2D eigenvalue weighted by Gasteiger charge is -2.09. The zero-order valence-corrected chi connectivity index (χ0v) is 12.4. The van der Waals surface area contributed by atoms with Crippen molar-refractivity contribution in [2.24, 2.45) is 0 Å². The molecule has 0 saturated carbocycles. The van der Waals surface area contributed by atoms with Crippen LogP contribution in [0.25, 0.3) is 0 Å². The maximum atomic E-state index is 13.0. The minimum absolute atomic E-state index is 0.282. The van der Waals surface area contributed by atoms with Crippen LogP contribution in [0.5, 0.6) is 0 Å². The van der Waals surface area contributed by atoms with Crippen LogP contribution < -0.4 is 5.32 Å². The highest BCUT2D eigenvalue weighted by atomic mass is 79.9. The summed E-state index contributed by atoms with van der Waals surface area (Å²) in [5, 5.41) is 5.67. The molecule has 0 bridgehead atoms. The molecule has 0 fully saturated rings. The van der Waals surface area contributed by atoms with Gasteiger partial charge < -0.3 is 5.32 Å². The fourth-order valence-corrected chi connectivity index (χ4v) is 3.14. The van der Waals surface area contributed by atoms with E-state index in [0.29, 0.717) is 12.2 Å². The molecule has 1 aromatic carbocycles. The Morgan fingerprint density at radius 2 is 1.88 bits per heavy atom. The van der Waals surface area contributed by atoms with Crippen molar-refractivity contribution in [2.75, 3.05) is 5.32 Å². The second-order valence-corrected chi connectivity index (χ2v) is 6.46. The maximum absolute atomic E-state index is 13.0. The van der Waals surface area contributed by atoms with E-state index in [1.54, 1.807) is 11.3 Å². The van der Waals surface area contributed by atoms with Gasteiger partial charge in [0.1, 0.15) is 5.82 Å². The average molecular weight is 355 g/mol. The van der Waals surface area contributed by atoms with Gasteiger partial charge in [-0.1, -0.05) is 23.2 Å². The second-order valence-electron chi connectivity index (χ2n) is 3.36. The fourth-order valence-electron chi connectivity index (χ4n) is 1.34. The summed E-state index contributed by atoms with van der Waals surface area (Å²) in [6.07, 6.45) is 0. The quantitative estimate of drug-likeness (QED) is 0.759. The Bertz CT molecular complexity index is 521. The summed E-state index contributed by atoms with van der Waals surface area (Å²) < 4.78 is 14.0. The van der Waals surface area contributed by atoms with Gasteiger partial charge in [0.2, 0.25) is 0 Å². The van der Waals surface area contributed by atoms with Crippen LogP contribution in [0.2, 0.25) is 10.0 Å². The molecule has 90 valence electrons. The minimum atomic E-state index is -0.441. The van der Waals surface area contributed by atoms with E-state index in [9.17, 15) is 4.39 Å². The number of rotatable bonds is 3. The van der Waals surface area contributed by atoms with Crippen LogP contribution in [0.3, 0.4) is 0 Å². The minimum Gasteiger partial charge on any atom is -0.379 e. The Labute approximate surface area is 121 Å². The number of thiophene rings is 1. The lowest BCUT2D eigenvalue weighted by Crippen LogP contribution is -1.99. The van der Waals surface area contributed by atoms with Gasteiger partial charge >= 0.3 is 0 Å². The van der Waals surface area contributed by atoms with Gasteiger partial charge in [0, 0.05) is 6.54 Å². The van der Waals surface area contributed by atoms with Crippen LogP contribution in [0.15, 0.2) is 27.4 Å². The molecule has 6 heteroatoms. The first-order chi connectivity index (χ1) is 8.06.